The summed E-state index contributed by atoms with van der Waals surface area (Å²) in [4.78, 5) is 51.2. The SMILES string of the molecule is CC/C=C\C/C=C\C/C=C\CCCCCCCCCC(=O)OCC(COC1OC(C(=O)O)C(O)C(O)C1OC(=O)CCCCCCC/C=C\CCCCCCCC)OC(=O)CCCCCCCCCCCCCCC. The Bertz CT molecular complexity index is 1490. The number of esters is 3. The van der Waals surface area contributed by atoms with Crippen LogP contribution >= 0.6 is 0 Å². The molecule has 0 aliphatic carbocycles. The molecule has 12 nitrogen and oxygen atoms in total. The molecule has 1 saturated heterocycles. The number of aliphatic hydroxyl groups excluding tert-OH is 2. The lowest BCUT2D eigenvalue weighted by Crippen LogP contribution is -2.61. The fourth-order valence-corrected chi connectivity index (χ4v) is 9.20. The van der Waals surface area contributed by atoms with Crippen LogP contribution in [0.1, 0.15) is 278 Å². The van der Waals surface area contributed by atoms with E-state index in [4.69, 9.17) is 23.7 Å². The molecule has 0 radical (unpaired) electrons. The molecule has 1 fully saturated rings. The molecule has 6 unspecified atom stereocenters. The van der Waals surface area contributed by atoms with Crippen molar-refractivity contribution in [1.29, 1.82) is 0 Å². The van der Waals surface area contributed by atoms with E-state index in [9.17, 15) is 34.5 Å². The first kappa shape index (κ1) is 69.7. The summed E-state index contributed by atoms with van der Waals surface area (Å²) in [6, 6.07) is 0. The standard InChI is InChI=1S/C63H110O12/c1-4-7-10-13-16-19-22-25-27-28-30-32-34-37-40-43-46-49-55(64)71-52-54(73-56(65)50-47-44-41-38-35-31-24-21-18-15-12-9-6-3)53-72-63-61(59(68)58(67)60(75-63)62(69)70)74-57(66)51-48-45-42-39-36-33-29-26-23-20-17-14-11-8-5-2/h7,10,16,19,25-27,29,54,58-61,63,67-68H,4-6,8-9,11-15,17-18,20-24,28,30-53H2,1-3H3,(H,69,70)/b10-7-,19-16-,27-25-,29-26-. The molecule has 0 saturated carbocycles. The summed E-state index contributed by atoms with van der Waals surface area (Å²) in [6.07, 6.45) is 49.3. The van der Waals surface area contributed by atoms with Crippen molar-refractivity contribution in [2.45, 2.75) is 314 Å². The molecular formula is C63H110O12. The van der Waals surface area contributed by atoms with Crippen molar-refractivity contribution < 1.29 is 58.2 Å². The Morgan fingerprint density at radius 1 is 0.453 bits per heavy atom. The van der Waals surface area contributed by atoms with Crippen molar-refractivity contribution in [3.05, 3.63) is 48.6 Å². The molecule has 75 heavy (non-hydrogen) atoms. The van der Waals surface area contributed by atoms with Crippen LogP contribution in [0.25, 0.3) is 0 Å². The van der Waals surface area contributed by atoms with Gasteiger partial charge in [0.05, 0.1) is 6.61 Å². The van der Waals surface area contributed by atoms with Crippen molar-refractivity contribution in [3.63, 3.8) is 0 Å². The first-order chi connectivity index (χ1) is 36.6. The minimum atomic E-state index is -1.90. The first-order valence-electron chi connectivity index (χ1n) is 30.6. The number of carboxylic acids is 1. The van der Waals surface area contributed by atoms with Gasteiger partial charge in [0.2, 0.25) is 0 Å². The van der Waals surface area contributed by atoms with Crippen LogP contribution in [0, 0.1) is 0 Å². The number of carbonyl (C=O) groups excluding carboxylic acids is 3. The van der Waals surface area contributed by atoms with Gasteiger partial charge in [-0.15, -0.1) is 0 Å². The number of aliphatic carboxylic acids is 1. The van der Waals surface area contributed by atoms with E-state index in [0.29, 0.717) is 19.3 Å². The molecule has 0 aromatic carbocycles. The molecular weight excluding hydrogens is 949 g/mol. The van der Waals surface area contributed by atoms with Crippen LogP contribution in [-0.4, -0.2) is 89.2 Å². The first-order valence-corrected chi connectivity index (χ1v) is 30.6. The Labute approximate surface area is 456 Å². The lowest BCUT2D eigenvalue weighted by Gasteiger charge is -2.40. The van der Waals surface area contributed by atoms with E-state index >= 15 is 0 Å². The zero-order chi connectivity index (χ0) is 54.7. The lowest BCUT2D eigenvalue weighted by atomic mass is 9.98. The fourth-order valence-electron chi connectivity index (χ4n) is 9.20. The number of rotatable bonds is 52. The highest BCUT2D eigenvalue weighted by atomic mass is 16.7. The van der Waals surface area contributed by atoms with Gasteiger partial charge >= 0.3 is 23.9 Å². The molecule has 0 amide bonds. The number of allylic oxidation sites excluding steroid dienone is 8. The van der Waals surface area contributed by atoms with Gasteiger partial charge in [-0.1, -0.05) is 230 Å². The quantitative estimate of drug-likeness (QED) is 0.0228. The number of hydrogen-bond acceptors (Lipinski definition) is 11. The van der Waals surface area contributed by atoms with Gasteiger partial charge in [0.15, 0.2) is 24.6 Å². The summed E-state index contributed by atoms with van der Waals surface area (Å²) >= 11 is 0. The smallest absolute Gasteiger partial charge is 0.335 e. The second-order valence-electron chi connectivity index (χ2n) is 21.0. The molecule has 6 atom stereocenters. The average molecular weight is 1060 g/mol. The lowest BCUT2D eigenvalue weighted by molar-refractivity contribution is -0.301. The Hall–Kier alpha value is -3.32. The Kier molecular flexibility index (Phi) is 47.8. The molecule has 0 aromatic heterocycles. The summed E-state index contributed by atoms with van der Waals surface area (Å²) in [6.45, 7) is 5.89. The van der Waals surface area contributed by atoms with E-state index in [0.717, 1.165) is 109 Å². The molecule has 434 valence electrons. The minimum Gasteiger partial charge on any atom is -0.479 e. The zero-order valence-electron chi connectivity index (χ0n) is 47.8. The van der Waals surface area contributed by atoms with Gasteiger partial charge < -0.3 is 39.0 Å². The van der Waals surface area contributed by atoms with Crippen LogP contribution in [0.3, 0.4) is 0 Å². The third kappa shape index (κ3) is 41.5. The van der Waals surface area contributed by atoms with Crippen LogP contribution in [-0.2, 0) is 42.9 Å². The summed E-state index contributed by atoms with van der Waals surface area (Å²) in [5.41, 5.74) is 0. The maximum atomic E-state index is 13.1. The third-order valence-corrected chi connectivity index (χ3v) is 13.9. The van der Waals surface area contributed by atoms with Crippen molar-refractivity contribution in [2.24, 2.45) is 0 Å². The molecule has 0 aromatic rings. The predicted octanol–water partition coefficient (Wildman–Crippen LogP) is 15.8. The number of hydrogen-bond donors (Lipinski definition) is 3. The van der Waals surface area contributed by atoms with Crippen LogP contribution in [0.5, 0.6) is 0 Å². The fraction of sp³-hybridized carbons (Fsp3) is 0.810. The molecule has 3 N–H and O–H groups in total. The van der Waals surface area contributed by atoms with Gasteiger partial charge in [-0.25, -0.2) is 4.79 Å². The Balaban J connectivity index is 2.68. The van der Waals surface area contributed by atoms with Gasteiger partial charge in [-0.2, -0.15) is 0 Å². The van der Waals surface area contributed by atoms with Crippen molar-refractivity contribution in [1.82, 2.24) is 0 Å². The summed E-state index contributed by atoms with van der Waals surface area (Å²) < 4.78 is 28.5. The number of unbranched alkanes of at least 4 members (excludes halogenated alkanes) is 30. The van der Waals surface area contributed by atoms with Gasteiger partial charge in [0.25, 0.3) is 0 Å². The Morgan fingerprint density at radius 2 is 0.840 bits per heavy atom. The number of carbonyl (C=O) groups is 4. The molecule has 1 rings (SSSR count). The van der Waals surface area contributed by atoms with Gasteiger partial charge in [0, 0.05) is 19.3 Å². The van der Waals surface area contributed by atoms with E-state index in [1.807, 2.05) is 0 Å². The van der Waals surface area contributed by atoms with Gasteiger partial charge in [-0.05, 0) is 77.0 Å². The molecule has 1 aliphatic rings. The van der Waals surface area contributed by atoms with E-state index in [2.05, 4.69) is 69.4 Å². The second-order valence-corrected chi connectivity index (χ2v) is 21.0. The predicted molar refractivity (Wildman–Crippen MR) is 303 cm³/mol. The van der Waals surface area contributed by atoms with Crippen LogP contribution in [0.15, 0.2) is 48.6 Å². The second kappa shape index (κ2) is 51.4. The number of carboxylic acid groups (broad SMARTS) is 1. The maximum Gasteiger partial charge on any atom is 0.335 e. The van der Waals surface area contributed by atoms with Crippen LogP contribution in [0.2, 0.25) is 0 Å². The molecule has 0 spiro atoms. The highest BCUT2D eigenvalue weighted by Gasteiger charge is 2.50. The van der Waals surface area contributed by atoms with Crippen molar-refractivity contribution in [3.8, 4) is 0 Å². The van der Waals surface area contributed by atoms with Crippen molar-refractivity contribution in [2.75, 3.05) is 13.2 Å². The van der Waals surface area contributed by atoms with Crippen LogP contribution < -0.4 is 0 Å². The summed E-state index contributed by atoms with van der Waals surface area (Å²) in [7, 11) is 0. The largest absolute Gasteiger partial charge is 0.479 e. The van der Waals surface area contributed by atoms with Gasteiger partial charge in [0.1, 0.15) is 18.8 Å². The zero-order valence-corrected chi connectivity index (χ0v) is 47.8. The monoisotopic (exact) mass is 1060 g/mol. The van der Waals surface area contributed by atoms with Crippen LogP contribution in [0.4, 0.5) is 0 Å². The minimum absolute atomic E-state index is 0.0518. The van der Waals surface area contributed by atoms with E-state index in [-0.39, 0.29) is 25.9 Å². The molecule has 1 heterocycles. The third-order valence-electron chi connectivity index (χ3n) is 13.9. The Morgan fingerprint density at radius 3 is 1.29 bits per heavy atom. The molecule has 12 heteroatoms. The topological polar surface area (TPSA) is 175 Å². The highest BCUT2D eigenvalue weighted by molar-refractivity contribution is 5.74. The summed E-state index contributed by atoms with van der Waals surface area (Å²) in [5.74, 6) is -3.12. The average Bonchev–Trinajstić information content (AvgIpc) is 3.39. The number of aliphatic hydroxyl groups is 2. The van der Waals surface area contributed by atoms with E-state index in [1.54, 1.807) is 0 Å². The molecule has 1 aliphatic heterocycles. The normalized spacial score (nSPS) is 18.4. The van der Waals surface area contributed by atoms with E-state index < -0.39 is 67.3 Å². The summed E-state index contributed by atoms with van der Waals surface area (Å²) in [5, 5.41) is 31.5. The maximum absolute atomic E-state index is 13.1. The van der Waals surface area contributed by atoms with Crippen molar-refractivity contribution >= 4 is 23.9 Å². The van der Waals surface area contributed by atoms with Gasteiger partial charge in [-0.3, -0.25) is 14.4 Å². The molecule has 0 bridgehead atoms. The highest BCUT2D eigenvalue weighted by Crippen LogP contribution is 2.26. The number of ether oxygens (including phenoxy) is 5. The van der Waals surface area contributed by atoms with E-state index in [1.165, 1.54) is 109 Å².